The molecular weight excluding hydrogens is 458 g/mol. The van der Waals surface area contributed by atoms with Crippen LogP contribution in [0.1, 0.15) is 5.56 Å². The highest BCUT2D eigenvalue weighted by molar-refractivity contribution is 14.1. The SMILES string of the molecule is O=[N+]([O-])c1cccc(CNc2ccc(I)cc2Cl)c1Br. The van der Waals surface area contributed by atoms with Crippen LogP contribution in [0.4, 0.5) is 11.4 Å². The molecule has 0 amide bonds. The largest absolute Gasteiger partial charge is 0.380 e. The molecule has 0 aliphatic rings. The van der Waals surface area contributed by atoms with E-state index < -0.39 is 4.92 Å². The Bertz CT molecular complexity index is 667. The molecule has 0 unspecified atom stereocenters. The van der Waals surface area contributed by atoms with Crippen molar-refractivity contribution >= 4 is 61.5 Å². The lowest BCUT2D eigenvalue weighted by atomic mass is 10.2. The molecule has 20 heavy (non-hydrogen) atoms. The van der Waals surface area contributed by atoms with E-state index >= 15 is 0 Å². The van der Waals surface area contributed by atoms with Crippen LogP contribution in [0.5, 0.6) is 0 Å². The molecule has 0 spiro atoms. The van der Waals surface area contributed by atoms with Crippen molar-refractivity contribution in [2.45, 2.75) is 6.54 Å². The Morgan fingerprint density at radius 1 is 1.35 bits per heavy atom. The summed E-state index contributed by atoms with van der Waals surface area (Å²) in [6, 6.07) is 10.6. The molecule has 0 atom stereocenters. The predicted octanol–water partition coefficient (Wildman–Crippen LogP) is 5.23. The maximum absolute atomic E-state index is 10.9. The molecule has 104 valence electrons. The second kappa shape index (κ2) is 6.73. The first-order chi connectivity index (χ1) is 9.49. The topological polar surface area (TPSA) is 55.2 Å². The number of anilines is 1. The molecule has 0 aliphatic heterocycles. The van der Waals surface area contributed by atoms with Gasteiger partial charge in [0.25, 0.3) is 5.69 Å². The van der Waals surface area contributed by atoms with E-state index in [1.54, 1.807) is 6.07 Å². The van der Waals surface area contributed by atoms with Crippen molar-refractivity contribution in [1.29, 1.82) is 0 Å². The Kier molecular flexibility index (Phi) is 5.22. The number of nitrogens with zero attached hydrogens (tertiary/aromatic N) is 1. The van der Waals surface area contributed by atoms with Crippen LogP contribution in [-0.2, 0) is 6.54 Å². The molecule has 7 heteroatoms. The van der Waals surface area contributed by atoms with Gasteiger partial charge in [-0.1, -0.05) is 23.7 Å². The van der Waals surface area contributed by atoms with Gasteiger partial charge < -0.3 is 5.32 Å². The first-order valence-corrected chi connectivity index (χ1v) is 7.84. The Morgan fingerprint density at radius 2 is 2.10 bits per heavy atom. The fourth-order valence-corrected chi connectivity index (χ4v) is 3.14. The van der Waals surface area contributed by atoms with Crippen molar-refractivity contribution in [2.75, 3.05) is 5.32 Å². The third kappa shape index (κ3) is 3.62. The lowest BCUT2D eigenvalue weighted by Gasteiger charge is -2.10. The molecule has 2 aromatic carbocycles. The third-order valence-electron chi connectivity index (χ3n) is 2.66. The van der Waals surface area contributed by atoms with E-state index in [1.165, 1.54) is 6.07 Å². The van der Waals surface area contributed by atoms with Gasteiger partial charge in [0, 0.05) is 16.2 Å². The lowest BCUT2D eigenvalue weighted by Crippen LogP contribution is -2.02. The highest BCUT2D eigenvalue weighted by atomic mass is 127. The predicted molar refractivity (Wildman–Crippen MR) is 92.3 cm³/mol. The number of hydrogen-bond acceptors (Lipinski definition) is 3. The summed E-state index contributed by atoms with van der Waals surface area (Å²) in [5.41, 5.74) is 1.65. The van der Waals surface area contributed by atoms with E-state index in [2.05, 4.69) is 43.8 Å². The van der Waals surface area contributed by atoms with Crippen molar-refractivity contribution in [2.24, 2.45) is 0 Å². The summed E-state index contributed by atoms with van der Waals surface area (Å²) in [6.45, 7) is 0.447. The molecular formula is C13H9BrClIN2O2. The second-order valence-corrected chi connectivity index (χ2v) is 6.43. The Labute approximate surface area is 142 Å². The zero-order valence-corrected chi connectivity index (χ0v) is 14.6. The summed E-state index contributed by atoms with van der Waals surface area (Å²) in [5.74, 6) is 0. The van der Waals surface area contributed by atoms with Crippen LogP contribution in [0.15, 0.2) is 40.9 Å². The standard InChI is InChI=1S/C13H9BrClIN2O2/c14-13-8(2-1-3-12(13)18(19)20)7-17-11-5-4-9(16)6-10(11)15/h1-6,17H,7H2. The van der Waals surface area contributed by atoms with Crippen molar-refractivity contribution in [3.63, 3.8) is 0 Å². The molecule has 0 aromatic heterocycles. The van der Waals surface area contributed by atoms with Gasteiger partial charge in [0.2, 0.25) is 0 Å². The summed E-state index contributed by atoms with van der Waals surface area (Å²) in [4.78, 5) is 10.5. The molecule has 0 saturated carbocycles. The van der Waals surface area contributed by atoms with Gasteiger partial charge in [-0.2, -0.15) is 0 Å². The van der Waals surface area contributed by atoms with E-state index in [0.29, 0.717) is 16.0 Å². The van der Waals surface area contributed by atoms with Gasteiger partial charge in [0.05, 0.1) is 15.6 Å². The summed E-state index contributed by atoms with van der Waals surface area (Å²) in [5, 5.41) is 14.7. The minimum absolute atomic E-state index is 0.0537. The lowest BCUT2D eigenvalue weighted by molar-refractivity contribution is -0.385. The molecule has 0 bridgehead atoms. The summed E-state index contributed by atoms with van der Waals surface area (Å²) in [7, 11) is 0. The van der Waals surface area contributed by atoms with E-state index in [4.69, 9.17) is 11.6 Å². The average Bonchev–Trinajstić information content (AvgIpc) is 2.39. The van der Waals surface area contributed by atoms with Crippen molar-refractivity contribution in [1.82, 2.24) is 0 Å². The highest BCUT2D eigenvalue weighted by Gasteiger charge is 2.14. The van der Waals surface area contributed by atoms with Gasteiger partial charge in [-0.25, -0.2) is 0 Å². The quantitative estimate of drug-likeness (QED) is 0.381. The number of nitro groups is 1. The smallest absolute Gasteiger partial charge is 0.283 e. The number of rotatable bonds is 4. The molecule has 0 radical (unpaired) electrons. The molecule has 1 N–H and O–H groups in total. The van der Waals surface area contributed by atoms with Crippen LogP contribution in [-0.4, -0.2) is 4.92 Å². The van der Waals surface area contributed by atoms with Crippen LogP contribution in [0.3, 0.4) is 0 Å². The normalized spacial score (nSPS) is 10.3. The Hall–Kier alpha value is -0.860. The van der Waals surface area contributed by atoms with Gasteiger partial charge >= 0.3 is 0 Å². The molecule has 0 aliphatic carbocycles. The second-order valence-electron chi connectivity index (χ2n) is 3.99. The van der Waals surface area contributed by atoms with Crippen molar-refractivity contribution in [3.05, 3.63) is 65.1 Å². The van der Waals surface area contributed by atoms with E-state index in [-0.39, 0.29) is 5.69 Å². The summed E-state index contributed by atoms with van der Waals surface area (Å²) in [6.07, 6.45) is 0. The number of halogens is 3. The first-order valence-electron chi connectivity index (χ1n) is 5.59. The van der Waals surface area contributed by atoms with E-state index in [9.17, 15) is 10.1 Å². The summed E-state index contributed by atoms with van der Waals surface area (Å²) >= 11 is 11.6. The van der Waals surface area contributed by atoms with Gasteiger partial charge in [0.15, 0.2) is 0 Å². The van der Waals surface area contributed by atoms with Gasteiger partial charge in [0.1, 0.15) is 4.47 Å². The minimum Gasteiger partial charge on any atom is -0.380 e. The van der Waals surface area contributed by atoms with Crippen LogP contribution >= 0.6 is 50.1 Å². The van der Waals surface area contributed by atoms with E-state index in [0.717, 1.165) is 14.8 Å². The zero-order valence-electron chi connectivity index (χ0n) is 10.1. The van der Waals surface area contributed by atoms with Gasteiger partial charge in [-0.15, -0.1) is 0 Å². The maximum atomic E-state index is 10.9. The minimum atomic E-state index is -0.411. The van der Waals surface area contributed by atoms with Crippen LogP contribution in [0.25, 0.3) is 0 Å². The number of hydrogen-bond donors (Lipinski definition) is 1. The van der Waals surface area contributed by atoms with E-state index in [1.807, 2.05) is 24.3 Å². The fourth-order valence-electron chi connectivity index (χ4n) is 1.67. The summed E-state index contributed by atoms with van der Waals surface area (Å²) < 4.78 is 1.54. The van der Waals surface area contributed by atoms with Crippen LogP contribution in [0.2, 0.25) is 5.02 Å². The molecule has 0 fully saturated rings. The average molecular weight is 467 g/mol. The molecule has 0 saturated heterocycles. The number of nitro benzene ring substituents is 1. The van der Waals surface area contributed by atoms with Crippen molar-refractivity contribution < 1.29 is 4.92 Å². The molecule has 2 aromatic rings. The number of benzene rings is 2. The van der Waals surface area contributed by atoms with Crippen LogP contribution < -0.4 is 5.32 Å². The Balaban J connectivity index is 2.19. The third-order valence-corrected chi connectivity index (χ3v) is 4.55. The Morgan fingerprint density at radius 3 is 2.75 bits per heavy atom. The molecule has 0 heterocycles. The zero-order chi connectivity index (χ0) is 14.7. The maximum Gasteiger partial charge on any atom is 0.283 e. The molecule has 2 rings (SSSR count). The fraction of sp³-hybridized carbons (Fsp3) is 0.0769. The molecule has 4 nitrogen and oxygen atoms in total. The highest BCUT2D eigenvalue weighted by Crippen LogP contribution is 2.30. The van der Waals surface area contributed by atoms with Crippen LogP contribution in [0, 0.1) is 13.7 Å². The monoisotopic (exact) mass is 466 g/mol. The van der Waals surface area contributed by atoms with Gasteiger partial charge in [-0.05, 0) is 62.3 Å². The first kappa shape index (κ1) is 15.5. The van der Waals surface area contributed by atoms with Gasteiger partial charge in [-0.3, -0.25) is 10.1 Å². The number of nitrogens with one attached hydrogen (secondary N) is 1. The van der Waals surface area contributed by atoms with Crippen molar-refractivity contribution in [3.8, 4) is 0 Å².